The summed E-state index contributed by atoms with van der Waals surface area (Å²) in [6.45, 7) is 0.408. The second-order valence-electron chi connectivity index (χ2n) is 5.58. The van der Waals surface area contributed by atoms with Crippen LogP contribution < -0.4 is 20.5 Å². The number of carbonyl (C=O) groups excluding carboxylic acids is 1. The third-order valence-corrected chi connectivity index (χ3v) is 4.13. The molecule has 0 spiro atoms. The van der Waals surface area contributed by atoms with Crippen LogP contribution in [0.15, 0.2) is 18.2 Å². The molecule has 1 aromatic rings. The van der Waals surface area contributed by atoms with Gasteiger partial charge in [-0.25, -0.2) is 0 Å². The molecule has 0 unspecified atom stereocenters. The lowest BCUT2D eigenvalue weighted by molar-refractivity contribution is -0.127. The van der Waals surface area contributed by atoms with E-state index in [0.717, 1.165) is 37.0 Å². The Kier molecular flexibility index (Phi) is 5.07. The molecule has 2 rings (SSSR count). The van der Waals surface area contributed by atoms with E-state index in [2.05, 4.69) is 5.32 Å². The van der Waals surface area contributed by atoms with Gasteiger partial charge >= 0.3 is 0 Å². The van der Waals surface area contributed by atoms with E-state index in [1.807, 2.05) is 12.1 Å². The van der Waals surface area contributed by atoms with E-state index in [-0.39, 0.29) is 5.91 Å². The molecule has 1 fully saturated rings. The summed E-state index contributed by atoms with van der Waals surface area (Å²) in [5.74, 6) is 1.36. The summed E-state index contributed by atoms with van der Waals surface area (Å²) in [6.07, 6.45) is 4.74. The molecular formula is C16H24N2O3. The Hall–Kier alpha value is -1.75. The lowest BCUT2D eigenvalue weighted by atomic mass is 9.82. The minimum Gasteiger partial charge on any atom is -0.497 e. The maximum absolute atomic E-state index is 12.3. The normalized spacial score (nSPS) is 17.1. The molecule has 5 nitrogen and oxygen atoms in total. The van der Waals surface area contributed by atoms with Crippen LogP contribution in [0.3, 0.4) is 0 Å². The molecule has 21 heavy (non-hydrogen) atoms. The Morgan fingerprint density at radius 2 is 1.95 bits per heavy atom. The molecule has 1 aromatic carbocycles. The molecule has 0 atom stereocenters. The summed E-state index contributed by atoms with van der Waals surface area (Å²) >= 11 is 0. The summed E-state index contributed by atoms with van der Waals surface area (Å²) in [6, 6.07) is 5.55. The standard InChI is InChI=1S/C16H24N2O3/c1-20-13-7-6-12(14(10-13)21-2)11-18-15(19)16(17)8-4-3-5-9-16/h6-7,10H,3-5,8-9,11,17H2,1-2H3,(H,18,19). The summed E-state index contributed by atoms with van der Waals surface area (Å²) in [5.41, 5.74) is 6.42. The van der Waals surface area contributed by atoms with Crippen molar-refractivity contribution in [1.29, 1.82) is 0 Å². The van der Waals surface area contributed by atoms with Gasteiger partial charge in [-0.1, -0.05) is 19.3 Å². The average molecular weight is 292 g/mol. The number of methoxy groups -OCH3 is 2. The number of carbonyl (C=O) groups is 1. The van der Waals surface area contributed by atoms with Crippen molar-refractivity contribution in [2.75, 3.05) is 14.2 Å². The average Bonchev–Trinajstić information content (AvgIpc) is 2.53. The van der Waals surface area contributed by atoms with Crippen molar-refractivity contribution < 1.29 is 14.3 Å². The SMILES string of the molecule is COc1ccc(CNC(=O)C2(N)CCCCC2)c(OC)c1. The van der Waals surface area contributed by atoms with Crippen molar-refractivity contribution >= 4 is 5.91 Å². The van der Waals surface area contributed by atoms with Gasteiger partial charge in [-0.2, -0.15) is 0 Å². The van der Waals surface area contributed by atoms with Crippen LogP contribution in [0, 0.1) is 0 Å². The van der Waals surface area contributed by atoms with Crippen molar-refractivity contribution in [3.05, 3.63) is 23.8 Å². The monoisotopic (exact) mass is 292 g/mol. The molecule has 1 aliphatic carbocycles. The molecule has 116 valence electrons. The first-order valence-corrected chi connectivity index (χ1v) is 7.37. The summed E-state index contributed by atoms with van der Waals surface area (Å²) < 4.78 is 10.5. The van der Waals surface area contributed by atoms with Gasteiger partial charge in [-0.3, -0.25) is 4.79 Å². The maximum atomic E-state index is 12.3. The van der Waals surface area contributed by atoms with E-state index in [0.29, 0.717) is 12.3 Å². The zero-order chi connectivity index (χ0) is 15.3. The molecule has 1 aliphatic rings. The summed E-state index contributed by atoms with van der Waals surface area (Å²) in [7, 11) is 3.21. The van der Waals surface area contributed by atoms with Crippen LogP contribution in [-0.2, 0) is 11.3 Å². The van der Waals surface area contributed by atoms with Gasteiger partial charge in [0.25, 0.3) is 0 Å². The molecule has 0 saturated heterocycles. The molecule has 0 heterocycles. The van der Waals surface area contributed by atoms with Crippen molar-refractivity contribution in [2.24, 2.45) is 5.73 Å². The number of benzene rings is 1. The second-order valence-corrected chi connectivity index (χ2v) is 5.58. The topological polar surface area (TPSA) is 73.6 Å². The van der Waals surface area contributed by atoms with Gasteiger partial charge in [-0.15, -0.1) is 0 Å². The molecule has 0 bridgehead atoms. The molecule has 0 aromatic heterocycles. The summed E-state index contributed by atoms with van der Waals surface area (Å²) in [5, 5.41) is 2.94. The van der Waals surface area contributed by atoms with Gasteiger partial charge in [0.15, 0.2) is 0 Å². The highest BCUT2D eigenvalue weighted by Gasteiger charge is 2.34. The second kappa shape index (κ2) is 6.80. The van der Waals surface area contributed by atoms with Crippen molar-refractivity contribution in [3.63, 3.8) is 0 Å². The van der Waals surface area contributed by atoms with E-state index >= 15 is 0 Å². The van der Waals surface area contributed by atoms with E-state index in [4.69, 9.17) is 15.2 Å². The van der Waals surface area contributed by atoms with Crippen LogP contribution in [0.2, 0.25) is 0 Å². The Balaban J connectivity index is 2.00. The molecule has 0 radical (unpaired) electrons. The lowest BCUT2D eigenvalue weighted by Gasteiger charge is -2.31. The third kappa shape index (κ3) is 3.67. The lowest BCUT2D eigenvalue weighted by Crippen LogP contribution is -2.54. The van der Waals surface area contributed by atoms with Crippen LogP contribution in [-0.4, -0.2) is 25.7 Å². The van der Waals surface area contributed by atoms with Crippen LogP contribution in [0.1, 0.15) is 37.7 Å². The quantitative estimate of drug-likeness (QED) is 0.870. The van der Waals surface area contributed by atoms with Crippen LogP contribution in [0.5, 0.6) is 11.5 Å². The van der Waals surface area contributed by atoms with Gasteiger partial charge < -0.3 is 20.5 Å². The van der Waals surface area contributed by atoms with Gasteiger partial charge in [0, 0.05) is 18.2 Å². The number of nitrogens with one attached hydrogen (secondary N) is 1. The summed E-state index contributed by atoms with van der Waals surface area (Å²) in [4.78, 5) is 12.3. The number of nitrogens with two attached hydrogens (primary N) is 1. The highest BCUT2D eigenvalue weighted by atomic mass is 16.5. The fourth-order valence-corrected chi connectivity index (χ4v) is 2.76. The molecule has 0 aliphatic heterocycles. The van der Waals surface area contributed by atoms with Crippen LogP contribution in [0.25, 0.3) is 0 Å². The molecule has 1 saturated carbocycles. The van der Waals surface area contributed by atoms with Crippen LogP contribution in [0.4, 0.5) is 0 Å². The number of rotatable bonds is 5. The Morgan fingerprint density at radius 3 is 2.57 bits per heavy atom. The third-order valence-electron chi connectivity index (χ3n) is 4.13. The van der Waals surface area contributed by atoms with Crippen molar-refractivity contribution in [1.82, 2.24) is 5.32 Å². The van der Waals surface area contributed by atoms with E-state index in [9.17, 15) is 4.79 Å². The highest BCUT2D eigenvalue weighted by molar-refractivity contribution is 5.86. The highest BCUT2D eigenvalue weighted by Crippen LogP contribution is 2.27. The number of ether oxygens (including phenoxy) is 2. The van der Waals surface area contributed by atoms with E-state index in [1.165, 1.54) is 6.42 Å². The Bertz CT molecular complexity index is 496. The Labute approximate surface area is 125 Å². The predicted octanol–water partition coefficient (Wildman–Crippen LogP) is 1.98. The minimum absolute atomic E-state index is 0.0694. The first kappa shape index (κ1) is 15.6. The van der Waals surface area contributed by atoms with E-state index < -0.39 is 5.54 Å². The first-order valence-electron chi connectivity index (χ1n) is 7.37. The van der Waals surface area contributed by atoms with Gasteiger partial charge in [-0.05, 0) is 25.0 Å². The van der Waals surface area contributed by atoms with Crippen LogP contribution >= 0.6 is 0 Å². The van der Waals surface area contributed by atoms with E-state index in [1.54, 1.807) is 20.3 Å². The fourth-order valence-electron chi connectivity index (χ4n) is 2.76. The zero-order valence-corrected chi connectivity index (χ0v) is 12.8. The minimum atomic E-state index is -0.710. The van der Waals surface area contributed by atoms with Gasteiger partial charge in [0.05, 0.1) is 19.8 Å². The number of hydrogen-bond donors (Lipinski definition) is 2. The predicted molar refractivity (Wildman–Crippen MR) is 81.4 cm³/mol. The molecule has 5 heteroatoms. The van der Waals surface area contributed by atoms with Gasteiger partial charge in [0.1, 0.15) is 11.5 Å². The smallest absolute Gasteiger partial charge is 0.240 e. The fraction of sp³-hybridized carbons (Fsp3) is 0.562. The molecular weight excluding hydrogens is 268 g/mol. The molecule has 3 N–H and O–H groups in total. The maximum Gasteiger partial charge on any atom is 0.240 e. The van der Waals surface area contributed by atoms with Crippen molar-refractivity contribution in [2.45, 2.75) is 44.2 Å². The number of hydrogen-bond acceptors (Lipinski definition) is 4. The zero-order valence-electron chi connectivity index (χ0n) is 12.8. The Morgan fingerprint density at radius 1 is 1.24 bits per heavy atom. The van der Waals surface area contributed by atoms with Gasteiger partial charge in [0.2, 0.25) is 5.91 Å². The van der Waals surface area contributed by atoms with Crippen molar-refractivity contribution in [3.8, 4) is 11.5 Å². The largest absolute Gasteiger partial charge is 0.497 e. The first-order chi connectivity index (χ1) is 10.1. The molecule has 1 amide bonds. The number of amides is 1.